The van der Waals surface area contributed by atoms with Crippen LogP contribution >= 0.6 is 23.2 Å². The van der Waals surface area contributed by atoms with Gasteiger partial charge < -0.3 is 10.3 Å². The number of halogens is 2. The van der Waals surface area contributed by atoms with Crippen LogP contribution in [0.15, 0.2) is 6.07 Å². The lowest BCUT2D eigenvalue weighted by Crippen LogP contribution is -2.23. The van der Waals surface area contributed by atoms with Crippen molar-refractivity contribution in [3.8, 4) is 0 Å². The first-order valence-electron chi connectivity index (χ1n) is 5.56. The molecule has 1 saturated carbocycles. The molecule has 4 nitrogen and oxygen atoms in total. The molecule has 0 saturated heterocycles. The Morgan fingerprint density at radius 3 is 2.71 bits per heavy atom. The summed E-state index contributed by atoms with van der Waals surface area (Å²) < 4.78 is 0. The highest BCUT2D eigenvalue weighted by Gasteiger charge is 2.33. The summed E-state index contributed by atoms with van der Waals surface area (Å²) in [6.45, 7) is 3.21. The zero-order valence-electron chi connectivity index (χ0n) is 9.87. The number of aromatic nitrogens is 1. The van der Waals surface area contributed by atoms with Gasteiger partial charge in [0.25, 0.3) is 0 Å². The van der Waals surface area contributed by atoms with Crippen molar-refractivity contribution in [2.24, 2.45) is 17.7 Å². The molecular weight excluding hydrogens is 259 g/mol. The number of anilines is 2. The second-order valence-corrected chi connectivity index (χ2v) is 5.44. The summed E-state index contributed by atoms with van der Waals surface area (Å²) in [4.78, 5) is 6.37. The third-order valence-electron chi connectivity index (χ3n) is 3.19. The molecule has 0 amide bonds. The predicted molar refractivity (Wildman–Crippen MR) is 72.6 cm³/mol. The summed E-state index contributed by atoms with van der Waals surface area (Å²) in [5.74, 6) is 8.04. The number of hydrogen-bond acceptors (Lipinski definition) is 4. The Balaban J connectivity index is 2.18. The van der Waals surface area contributed by atoms with E-state index in [0.717, 1.165) is 18.4 Å². The van der Waals surface area contributed by atoms with Crippen LogP contribution in [0.25, 0.3) is 0 Å². The largest absolute Gasteiger partial charge is 0.358 e. The van der Waals surface area contributed by atoms with Gasteiger partial charge in [0.2, 0.25) is 0 Å². The number of hydrogen-bond donors (Lipinski definition) is 2. The molecule has 1 aromatic rings. The van der Waals surface area contributed by atoms with Crippen LogP contribution in [0.4, 0.5) is 11.6 Å². The molecule has 0 aromatic carbocycles. The highest BCUT2D eigenvalue weighted by atomic mass is 35.5. The van der Waals surface area contributed by atoms with Crippen LogP contribution in [0.2, 0.25) is 10.0 Å². The molecule has 3 N–H and O–H groups in total. The molecule has 2 rings (SSSR count). The Morgan fingerprint density at radius 2 is 2.18 bits per heavy atom. The molecule has 2 atom stereocenters. The molecule has 1 aliphatic carbocycles. The number of nitrogen functional groups attached to an aromatic ring is 1. The van der Waals surface area contributed by atoms with Gasteiger partial charge in [-0.25, -0.2) is 10.8 Å². The maximum Gasteiger partial charge on any atom is 0.161 e. The number of pyridine rings is 1. The van der Waals surface area contributed by atoms with E-state index in [1.54, 1.807) is 6.07 Å². The maximum atomic E-state index is 6.14. The smallest absolute Gasteiger partial charge is 0.161 e. The van der Waals surface area contributed by atoms with Crippen LogP contribution in [0, 0.1) is 11.8 Å². The Hall–Kier alpha value is -0.710. The average molecular weight is 275 g/mol. The van der Waals surface area contributed by atoms with E-state index in [2.05, 4.69) is 17.3 Å². The molecule has 1 heterocycles. The number of nitrogens with two attached hydrogens (primary N) is 1. The number of rotatable bonds is 4. The molecule has 1 fully saturated rings. The quantitative estimate of drug-likeness (QED) is 0.655. The normalized spacial score (nSPS) is 22.4. The highest BCUT2D eigenvalue weighted by molar-refractivity contribution is 6.37. The molecule has 6 heteroatoms. The fraction of sp³-hybridized carbons (Fsp3) is 0.545. The summed E-state index contributed by atoms with van der Waals surface area (Å²) in [6.07, 6.45) is 1.28. The lowest BCUT2D eigenvalue weighted by molar-refractivity contribution is 0.720. The fourth-order valence-corrected chi connectivity index (χ4v) is 2.47. The van der Waals surface area contributed by atoms with Gasteiger partial charge in [-0.2, -0.15) is 0 Å². The molecule has 0 bridgehead atoms. The van der Waals surface area contributed by atoms with Crippen LogP contribution in [0.3, 0.4) is 0 Å². The van der Waals surface area contributed by atoms with E-state index in [1.807, 2.05) is 11.9 Å². The Labute approximate surface area is 111 Å². The van der Waals surface area contributed by atoms with E-state index in [-0.39, 0.29) is 0 Å². The van der Waals surface area contributed by atoms with Crippen LogP contribution < -0.4 is 16.2 Å². The van der Waals surface area contributed by atoms with Crippen LogP contribution in [-0.2, 0) is 0 Å². The summed E-state index contributed by atoms with van der Waals surface area (Å²) in [5, 5.41) is 0.972. The van der Waals surface area contributed by atoms with Gasteiger partial charge in [0.15, 0.2) is 5.82 Å². The van der Waals surface area contributed by atoms with Crippen LogP contribution in [0.1, 0.15) is 13.3 Å². The number of nitrogens with one attached hydrogen (secondary N) is 1. The van der Waals surface area contributed by atoms with E-state index < -0.39 is 0 Å². The first-order valence-corrected chi connectivity index (χ1v) is 6.32. The molecule has 0 radical (unpaired) electrons. The minimum Gasteiger partial charge on any atom is -0.358 e. The first-order chi connectivity index (χ1) is 8.02. The van der Waals surface area contributed by atoms with Crippen LogP contribution in [-0.4, -0.2) is 18.6 Å². The van der Waals surface area contributed by atoms with Gasteiger partial charge in [-0.05, 0) is 24.3 Å². The molecule has 0 spiro atoms. The summed E-state index contributed by atoms with van der Waals surface area (Å²) in [6, 6.07) is 1.66. The van der Waals surface area contributed by atoms with Gasteiger partial charge in [-0.1, -0.05) is 30.1 Å². The third-order valence-corrected chi connectivity index (χ3v) is 3.76. The van der Waals surface area contributed by atoms with E-state index >= 15 is 0 Å². The Bertz CT molecular complexity index is 424. The van der Waals surface area contributed by atoms with Crippen molar-refractivity contribution in [3.05, 3.63) is 16.1 Å². The maximum absolute atomic E-state index is 6.14. The minimum atomic E-state index is 0.425. The molecule has 0 aliphatic heterocycles. The monoisotopic (exact) mass is 274 g/mol. The third kappa shape index (κ3) is 2.76. The molecule has 17 heavy (non-hydrogen) atoms. The van der Waals surface area contributed by atoms with Crippen molar-refractivity contribution in [1.82, 2.24) is 4.98 Å². The minimum absolute atomic E-state index is 0.425. The van der Waals surface area contributed by atoms with Crippen molar-refractivity contribution < 1.29 is 0 Å². The summed E-state index contributed by atoms with van der Waals surface area (Å²) in [5.41, 5.74) is 2.47. The molecule has 1 aromatic heterocycles. The molecule has 1 aliphatic rings. The van der Waals surface area contributed by atoms with Gasteiger partial charge in [0.1, 0.15) is 5.82 Å². The predicted octanol–water partition coefficient (Wildman–Crippen LogP) is 2.77. The zero-order chi connectivity index (χ0) is 12.6. The standard InChI is InChI=1S/C11H16Cl2N4/c1-6-3-7(6)5-17(2)11-9(13)4-8(12)10(15-11)16-14/h4,6-7H,3,5,14H2,1-2H3,(H,15,16). The summed E-state index contributed by atoms with van der Waals surface area (Å²) in [7, 11) is 1.98. The lowest BCUT2D eigenvalue weighted by atomic mass is 10.3. The first kappa shape index (κ1) is 12.7. The fourth-order valence-electron chi connectivity index (χ4n) is 1.92. The van der Waals surface area contributed by atoms with E-state index in [0.29, 0.717) is 21.7 Å². The van der Waals surface area contributed by atoms with E-state index in [9.17, 15) is 0 Å². The second kappa shape index (κ2) is 4.88. The SMILES string of the molecule is CC1CC1CN(C)c1nc(NN)c(Cl)cc1Cl. The van der Waals surface area contributed by atoms with Crippen molar-refractivity contribution >= 4 is 34.8 Å². The van der Waals surface area contributed by atoms with Gasteiger partial charge in [-0.3, -0.25) is 0 Å². The number of nitrogens with zero attached hydrogens (tertiary/aromatic N) is 2. The van der Waals surface area contributed by atoms with E-state index in [1.165, 1.54) is 6.42 Å². The highest BCUT2D eigenvalue weighted by Crippen LogP contribution is 2.39. The van der Waals surface area contributed by atoms with Crippen molar-refractivity contribution in [2.75, 3.05) is 23.9 Å². The van der Waals surface area contributed by atoms with Gasteiger partial charge in [0.05, 0.1) is 10.0 Å². The Kier molecular flexibility index (Phi) is 3.66. The number of hydrazine groups is 1. The van der Waals surface area contributed by atoms with E-state index in [4.69, 9.17) is 29.0 Å². The van der Waals surface area contributed by atoms with Gasteiger partial charge in [-0.15, -0.1) is 0 Å². The van der Waals surface area contributed by atoms with Gasteiger partial charge in [0, 0.05) is 13.6 Å². The summed E-state index contributed by atoms with van der Waals surface area (Å²) >= 11 is 12.1. The molecular formula is C11H16Cl2N4. The second-order valence-electron chi connectivity index (χ2n) is 4.62. The molecule has 2 unspecified atom stereocenters. The van der Waals surface area contributed by atoms with Crippen molar-refractivity contribution in [1.29, 1.82) is 0 Å². The topological polar surface area (TPSA) is 54.2 Å². The average Bonchev–Trinajstić information content (AvgIpc) is 2.94. The van der Waals surface area contributed by atoms with Crippen LogP contribution in [0.5, 0.6) is 0 Å². The van der Waals surface area contributed by atoms with Gasteiger partial charge >= 0.3 is 0 Å². The van der Waals surface area contributed by atoms with Crippen molar-refractivity contribution in [3.63, 3.8) is 0 Å². The molecule has 94 valence electrons. The van der Waals surface area contributed by atoms with Crippen molar-refractivity contribution in [2.45, 2.75) is 13.3 Å². The lowest BCUT2D eigenvalue weighted by Gasteiger charge is -2.20. The zero-order valence-corrected chi connectivity index (χ0v) is 11.4. The Morgan fingerprint density at radius 1 is 1.53 bits per heavy atom.